The average Bonchev–Trinajstić information content (AvgIpc) is 2.72. The van der Waals surface area contributed by atoms with Crippen molar-refractivity contribution in [3.8, 4) is 0 Å². The largest absolute Gasteiger partial charge is 0.287 e. The van der Waals surface area contributed by atoms with E-state index in [1.807, 2.05) is 0 Å². The number of alkyl halides is 2. The fraction of sp³-hybridized carbons (Fsp3) is 0.182. The second-order valence-corrected chi connectivity index (χ2v) is 11.7. The minimum Gasteiger partial charge on any atom is -0.287 e. The van der Waals surface area contributed by atoms with Crippen LogP contribution >= 0.6 is 11.6 Å². The monoisotopic (exact) mass is 528 g/mol. The summed E-state index contributed by atoms with van der Waals surface area (Å²) in [4.78, 5) is 16.5. The summed E-state index contributed by atoms with van der Waals surface area (Å²) in [6, 6.07) is 9.59. The Labute approximate surface area is 200 Å². The first-order valence-corrected chi connectivity index (χ1v) is 13.4. The van der Waals surface area contributed by atoms with Crippen molar-refractivity contribution in [3.05, 3.63) is 82.1 Å². The van der Waals surface area contributed by atoms with E-state index in [1.54, 1.807) is 6.92 Å². The van der Waals surface area contributed by atoms with Crippen LogP contribution in [0.2, 0.25) is 5.02 Å². The van der Waals surface area contributed by atoms with Gasteiger partial charge in [-0.05, 0) is 48.9 Å². The summed E-state index contributed by atoms with van der Waals surface area (Å²) in [6.07, 6.45) is 2.25. The second-order valence-electron chi connectivity index (χ2n) is 7.64. The molecule has 0 atom stereocenters. The van der Waals surface area contributed by atoms with Crippen LogP contribution in [-0.2, 0) is 25.8 Å². The van der Waals surface area contributed by atoms with Crippen LogP contribution in [-0.4, -0.2) is 33.9 Å². The summed E-state index contributed by atoms with van der Waals surface area (Å²) in [6.45, 7) is 2.18. The number of ketones is 1. The van der Waals surface area contributed by atoms with Crippen molar-refractivity contribution in [2.75, 3.05) is 11.0 Å². The van der Waals surface area contributed by atoms with Gasteiger partial charge in [-0.2, -0.15) is 0 Å². The Morgan fingerprint density at radius 1 is 1.06 bits per heavy atom. The molecule has 7 nitrogen and oxygen atoms in total. The Kier molecular flexibility index (Phi) is 6.84. The van der Waals surface area contributed by atoms with Crippen LogP contribution in [0.25, 0.3) is 0 Å². The molecule has 0 aliphatic carbocycles. The lowest BCUT2D eigenvalue weighted by Gasteiger charge is -2.16. The molecule has 3 aromatic rings. The summed E-state index contributed by atoms with van der Waals surface area (Å²) in [5, 5.41) is -0.308. The molecule has 0 saturated heterocycles. The summed E-state index contributed by atoms with van der Waals surface area (Å²) in [7, 11) is -8.24. The number of anilines is 1. The zero-order valence-electron chi connectivity index (χ0n) is 18.1. The van der Waals surface area contributed by atoms with Crippen molar-refractivity contribution in [1.82, 2.24) is 4.98 Å². The molecular formula is C22H19ClF2N2O5S2. The van der Waals surface area contributed by atoms with E-state index in [4.69, 9.17) is 11.6 Å². The number of pyridine rings is 1. The van der Waals surface area contributed by atoms with Crippen LogP contribution in [0.4, 0.5) is 14.5 Å². The number of aromatic nitrogens is 1. The van der Waals surface area contributed by atoms with Gasteiger partial charge in [-0.3, -0.25) is 14.5 Å². The molecule has 0 saturated carbocycles. The lowest BCUT2D eigenvalue weighted by atomic mass is 10.1. The maximum atomic E-state index is 13.9. The summed E-state index contributed by atoms with van der Waals surface area (Å²) in [5.74, 6) is -4.24. The number of halogens is 3. The highest BCUT2D eigenvalue weighted by Gasteiger charge is 2.30. The molecular weight excluding hydrogens is 510 g/mol. The molecule has 0 fully saturated rings. The number of benzene rings is 2. The van der Waals surface area contributed by atoms with Gasteiger partial charge >= 0.3 is 0 Å². The summed E-state index contributed by atoms with van der Waals surface area (Å²) in [5.41, 5.74) is -0.991. The van der Waals surface area contributed by atoms with Crippen LogP contribution in [0.5, 0.6) is 0 Å². The first kappa shape index (κ1) is 25.7. The Hall–Kier alpha value is -2.89. The van der Waals surface area contributed by atoms with Crippen LogP contribution < -0.4 is 4.72 Å². The van der Waals surface area contributed by atoms with Crippen molar-refractivity contribution in [3.63, 3.8) is 0 Å². The fourth-order valence-corrected chi connectivity index (χ4v) is 5.40. The topological polar surface area (TPSA) is 110 Å². The lowest BCUT2D eigenvalue weighted by Crippen LogP contribution is -2.19. The highest BCUT2D eigenvalue weighted by atomic mass is 35.5. The van der Waals surface area contributed by atoms with Gasteiger partial charge in [0.2, 0.25) is 5.78 Å². The molecule has 1 N–H and O–H groups in total. The predicted molar refractivity (Wildman–Crippen MR) is 124 cm³/mol. The second kappa shape index (κ2) is 9.05. The van der Waals surface area contributed by atoms with Crippen molar-refractivity contribution < 1.29 is 30.4 Å². The fourth-order valence-electron chi connectivity index (χ4n) is 3.14. The molecule has 0 unspecified atom stereocenters. The Morgan fingerprint density at radius 3 is 2.32 bits per heavy atom. The molecule has 0 radical (unpaired) electrons. The van der Waals surface area contributed by atoms with Gasteiger partial charge in [-0.1, -0.05) is 23.7 Å². The first-order chi connectivity index (χ1) is 15.6. The molecule has 12 heteroatoms. The zero-order chi connectivity index (χ0) is 25.5. The molecule has 1 heterocycles. The van der Waals surface area contributed by atoms with Gasteiger partial charge in [0, 0.05) is 35.5 Å². The maximum Gasteiger partial charge on any atom is 0.272 e. The van der Waals surface area contributed by atoms with Gasteiger partial charge in [0.05, 0.1) is 15.5 Å². The number of hydrogen-bond donors (Lipinski definition) is 1. The molecule has 0 bridgehead atoms. The number of rotatable bonds is 7. The van der Waals surface area contributed by atoms with Gasteiger partial charge in [0.15, 0.2) is 9.84 Å². The van der Waals surface area contributed by atoms with Gasteiger partial charge < -0.3 is 0 Å². The summed E-state index contributed by atoms with van der Waals surface area (Å²) >= 11 is 5.80. The van der Waals surface area contributed by atoms with E-state index >= 15 is 0 Å². The number of carbonyl (C=O) groups excluding carboxylic acids is 1. The van der Waals surface area contributed by atoms with Crippen LogP contribution in [0.3, 0.4) is 0 Å². The van der Waals surface area contributed by atoms with E-state index in [9.17, 15) is 30.4 Å². The van der Waals surface area contributed by atoms with Gasteiger partial charge in [0.1, 0.15) is 5.69 Å². The number of hydrogen-bond acceptors (Lipinski definition) is 6. The van der Waals surface area contributed by atoms with Crippen molar-refractivity contribution in [1.29, 1.82) is 0 Å². The van der Waals surface area contributed by atoms with Gasteiger partial charge in [-0.15, -0.1) is 0 Å². The smallest absolute Gasteiger partial charge is 0.272 e. The average molecular weight is 529 g/mol. The van der Waals surface area contributed by atoms with E-state index in [0.717, 1.165) is 24.5 Å². The van der Waals surface area contributed by atoms with E-state index in [0.29, 0.717) is 12.5 Å². The van der Waals surface area contributed by atoms with Crippen LogP contribution in [0.15, 0.2) is 64.5 Å². The number of aryl methyl sites for hydroxylation is 1. The van der Waals surface area contributed by atoms with Crippen molar-refractivity contribution >= 4 is 42.9 Å². The van der Waals surface area contributed by atoms with E-state index in [1.165, 1.54) is 36.5 Å². The van der Waals surface area contributed by atoms with E-state index < -0.39 is 42.0 Å². The molecule has 2 aromatic carbocycles. The number of sulfone groups is 1. The zero-order valence-corrected chi connectivity index (χ0v) is 20.5. The van der Waals surface area contributed by atoms with Crippen LogP contribution in [0, 0.1) is 6.92 Å². The number of sulfonamides is 1. The Balaban J connectivity index is 2.11. The molecule has 0 spiro atoms. The van der Waals surface area contributed by atoms with Gasteiger partial charge in [0.25, 0.3) is 15.9 Å². The number of carbonyl (C=O) groups is 1. The summed E-state index contributed by atoms with van der Waals surface area (Å²) < 4.78 is 80.2. The normalized spacial score (nSPS) is 12.4. The third-order valence-electron chi connectivity index (χ3n) is 4.74. The molecule has 180 valence electrons. The third kappa shape index (κ3) is 5.43. The predicted octanol–water partition coefficient (Wildman–Crippen LogP) is 4.59. The number of nitrogens with zero attached hydrogens (tertiary/aromatic N) is 1. The number of nitrogens with one attached hydrogen (secondary N) is 1. The molecule has 0 aliphatic heterocycles. The van der Waals surface area contributed by atoms with E-state index in [-0.39, 0.29) is 26.9 Å². The first-order valence-electron chi connectivity index (χ1n) is 9.62. The Bertz CT molecular complexity index is 1500. The quantitative estimate of drug-likeness (QED) is 0.449. The molecule has 0 amide bonds. The molecule has 1 aromatic heterocycles. The maximum absolute atomic E-state index is 13.9. The molecule has 34 heavy (non-hydrogen) atoms. The van der Waals surface area contributed by atoms with Crippen molar-refractivity contribution in [2.24, 2.45) is 0 Å². The standard InChI is InChI=1S/C22H19ClF2N2O5S2/c1-13-10-18(27-34(31,32)14-8-9-17(23)16(11-14)22(2,24)25)20(26-12-13)21(28)15-6-4-5-7-19(15)33(3,29)30/h4-12,27H,1-3H3. The minimum absolute atomic E-state index is 0.193. The van der Waals surface area contributed by atoms with Crippen LogP contribution in [0.1, 0.15) is 34.1 Å². The SMILES string of the molecule is Cc1cnc(C(=O)c2ccccc2S(C)(=O)=O)c(NS(=O)(=O)c2ccc(Cl)c(C(C)(F)F)c2)c1. The molecule has 3 rings (SSSR count). The highest BCUT2D eigenvalue weighted by molar-refractivity contribution is 7.92. The van der Waals surface area contributed by atoms with Gasteiger partial charge in [-0.25, -0.2) is 25.6 Å². The molecule has 0 aliphatic rings. The highest BCUT2D eigenvalue weighted by Crippen LogP contribution is 2.35. The van der Waals surface area contributed by atoms with Crippen molar-refractivity contribution in [2.45, 2.75) is 29.6 Å². The minimum atomic E-state index is -4.46. The van der Waals surface area contributed by atoms with E-state index in [2.05, 4.69) is 9.71 Å². The Morgan fingerprint density at radius 2 is 1.71 bits per heavy atom. The lowest BCUT2D eigenvalue weighted by molar-refractivity contribution is 0.0173. The third-order valence-corrected chi connectivity index (χ3v) is 7.58.